The third-order valence-corrected chi connectivity index (χ3v) is 1.78. The summed E-state index contributed by atoms with van der Waals surface area (Å²) in [6.07, 6.45) is -2.93. The van der Waals surface area contributed by atoms with Gasteiger partial charge in [-0.15, -0.1) is 0 Å². The number of carbonyl (C=O) groups is 1. The van der Waals surface area contributed by atoms with Crippen molar-refractivity contribution in [3.63, 3.8) is 0 Å². The number of hydrogen-bond donors (Lipinski definition) is 1. The fraction of sp³-hybridized carbons (Fsp3) is 0.556. The van der Waals surface area contributed by atoms with E-state index in [0.29, 0.717) is 0 Å². The van der Waals surface area contributed by atoms with E-state index in [1.807, 2.05) is 5.32 Å². The molecule has 18 heavy (non-hydrogen) atoms. The van der Waals surface area contributed by atoms with Crippen LogP contribution in [0.1, 0.15) is 17.4 Å². The first kappa shape index (κ1) is 14.3. The molecule has 1 aromatic rings. The fourth-order valence-corrected chi connectivity index (χ4v) is 0.924. The molecule has 0 aliphatic carbocycles. The van der Waals surface area contributed by atoms with Crippen LogP contribution in [0, 0.1) is 0 Å². The van der Waals surface area contributed by atoms with Gasteiger partial charge in [-0.3, -0.25) is 0 Å². The van der Waals surface area contributed by atoms with E-state index in [-0.39, 0.29) is 12.3 Å². The van der Waals surface area contributed by atoms with Crippen LogP contribution < -0.4 is 5.32 Å². The van der Waals surface area contributed by atoms with Gasteiger partial charge in [0.05, 0.1) is 13.2 Å². The molecule has 0 aliphatic heterocycles. The molecule has 102 valence electrons. The average Bonchev–Trinajstić information content (AvgIpc) is 2.75. The highest BCUT2D eigenvalue weighted by Gasteiger charge is 2.40. The normalized spacial score (nSPS) is 11.7. The van der Waals surface area contributed by atoms with Gasteiger partial charge in [-0.05, 0) is 6.92 Å². The molecular weight excluding hydrogens is 260 g/mol. The fourth-order valence-electron chi connectivity index (χ4n) is 0.924. The van der Waals surface area contributed by atoms with E-state index in [1.54, 1.807) is 6.92 Å². The Kier molecular flexibility index (Phi) is 4.51. The predicted octanol–water partition coefficient (Wildman–Crippen LogP) is 2.16. The van der Waals surface area contributed by atoms with Crippen molar-refractivity contribution in [3.05, 3.63) is 12.0 Å². The van der Waals surface area contributed by atoms with Crippen LogP contribution in [0.3, 0.4) is 0 Å². The van der Waals surface area contributed by atoms with Gasteiger partial charge in [0.25, 0.3) is 6.01 Å². The molecule has 1 aromatic heterocycles. The number of carbonyl (C=O) groups excluding carboxylic acids is 1. The largest absolute Gasteiger partial charge is 0.461 e. The molecule has 0 atom stereocenters. The molecule has 1 heterocycles. The van der Waals surface area contributed by atoms with Crippen molar-refractivity contribution in [2.75, 3.05) is 18.5 Å². The molecule has 0 aromatic carbocycles. The second-order valence-electron chi connectivity index (χ2n) is 3.17. The van der Waals surface area contributed by atoms with Gasteiger partial charge in [-0.2, -0.15) is 13.8 Å². The average molecular weight is 270 g/mol. The van der Waals surface area contributed by atoms with Crippen molar-refractivity contribution in [1.29, 1.82) is 0 Å². The molecule has 0 bridgehead atoms. The summed E-state index contributed by atoms with van der Waals surface area (Å²) < 4.78 is 57.9. The Bertz CT molecular complexity index is 408. The third kappa shape index (κ3) is 3.60. The number of nitrogens with one attached hydrogen (secondary N) is 1. The molecule has 9 heteroatoms. The summed E-state index contributed by atoms with van der Waals surface area (Å²) in [7, 11) is 0. The van der Waals surface area contributed by atoms with Crippen molar-refractivity contribution in [2.45, 2.75) is 19.3 Å². The Morgan fingerprint density at radius 3 is 2.83 bits per heavy atom. The number of hydrogen-bond acceptors (Lipinski definition) is 5. The van der Waals surface area contributed by atoms with Crippen LogP contribution in [0.2, 0.25) is 0 Å². The predicted molar refractivity (Wildman–Crippen MR) is 51.9 cm³/mol. The first-order valence-corrected chi connectivity index (χ1v) is 4.89. The van der Waals surface area contributed by atoms with Crippen molar-refractivity contribution in [1.82, 2.24) is 4.98 Å². The minimum Gasteiger partial charge on any atom is -0.461 e. The molecular formula is C9H10F4N2O3. The molecule has 1 rings (SSSR count). The third-order valence-electron chi connectivity index (χ3n) is 1.78. The van der Waals surface area contributed by atoms with Gasteiger partial charge in [-0.1, -0.05) is 0 Å². The van der Waals surface area contributed by atoms with E-state index < -0.39 is 30.9 Å². The summed E-state index contributed by atoms with van der Waals surface area (Å²) >= 11 is 0. The molecule has 1 N–H and O–H groups in total. The number of esters is 1. The highest BCUT2D eigenvalue weighted by Crippen LogP contribution is 2.23. The molecule has 0 fully saturated rings. The van der Waals surface area contributed by atoms with Gasteiger partial charge >= 0.3 is 18.3 Å². The Morgan fingerprint density at radius 2 is 2.28 bits per heavy atom. The number of halogens is 4. The number of oxazole rings is 1. The number of ether oxygens (including phenoxy) is 1. The Hall–Kier alpha value is -1.80. The van der Waals surface area contributed by atoms with Crippen LogP contribution in [0.25, 0.3) is 0 Å². The highest BCUT2D eigenvalue weighted by atomic mass is 19.3. The minimum atomic E-state index is -4.21. The monoisotopic (exact) mass is 270 g/mol. The maximum absolute atomic E-state index is 12.5. The lowest BCUT2D eigenvalue weighted by Crippen LogP contribution is -2.34. The van der Waals surface area contributed by atoms with Gasteiger partial charge in [0.1, 0.15) is 6.26 Å². The highest BCUT2D eigenvalue weighted by molar-refractivity contribution is 5.87. The SMILES string of the molecule is CCOC(=O)c1coc(NCC(F)(F)C(F)F)n1. The van der Waals surface area contributed by atoms with Crippen LogP contribution in [0.5, 0.6) is 0 Å². The van der Waals surface area contributed by atoms with E-state index in [0.717, 1.165) is 6.26 Å². The van der Waals surface area contributed by atoms with E-state index in [4.69, 9.17) is 0 Å². The molecule has 0 radical (unpaired) electrons. The number of nitrogens with zero attached hydrogens (tertiary/aromatic N) is 1. The molecule has 0 unspecified atom stereocenters. The molecule has 0 saturated heterocycles. The van der Waals surface area contributed by atoms with Crippen molar-refractivity contribution < 1.29 is 31.5 Å². The topological polar surface area (TPSA) is 64.4 Å². The van der Waals surface area contributed by atoms with Crippen LogP contribution in [-0.2, 0) is 4.74 Å². The maximum atomic E-state index is 12.5. The zero-order valence-electron chi connectivity index (χ0n) is 9.25. The lowest BCUT2D eigenvalue weighted by atomic mass is 10.3. The van der Waals surface area contributed by atoms with Crippen molar-refractivity contribution in [3.8, 4) is 0 Å². The zero-order valence-corrected chi connectivity index (χ0v) is 9.25. The van der Waals surface area contributed by atoms with E-state index in [1.165, 1.54) is 0 Å². The van der Waals surface area contributed by atoms with Crippen LogP contribution in [0.15, 0.2) is 10.7 Å². The van der Waals surface area contributed by atoms with Crippen LogP contribution in [0.4, 0.5) is 23.6 Å². The molecule has 0 aliphatic rings. The van der Waals surface area contributed by atoms with Gasteiger partial charge in [0.2, 0.25) is 0 Å². The van der Waals surface area contributed by atoms with Crippen LogP contribution in [-0.4, -0.2) is 36.5 Å². The number of alkyl halides is 4. The van der Waals surface area contributed by atoms with Crippen LogP contribution >= 0.6 is 0 Å². The van der Waals surface area contributed by atoms with E-state index in [2.05, 4.69) is 14.1 Å². The quantitative estimate of drug-likeness (QED) is 0.634. The summed E-state index contributed by atoms with van der Waals surface area (Å²) in [4.78, 5) is 14.6. The first-order valence-electron chi connectivity index (χ1n) is 4.89. The molecule has 0 amide bonds. The Morgan fingerprint density at radius 1 is 1.61 bits per heavy atom. The number of anilines is 1. The van der Waals surface area contributed by atoms with Gasteiger partial charge < -0.3 is 14.5 Å². The summed E-state index contributed by atoms with van der Waals surface area (Å²) in [5.41, 5.74) is -0.236. The van der Waals surface area contributed by atoms with E-state index in [9.17, 15) is 22.4 Å². The molecule has 5 nitrogen and oxygen atoms in total. The number of rotatable bonds is 6. The van der Waals surface area contributed by atoms with Crippen molar-refractivity contribution >= 4 is 12.0 Å². The van der Waals surface area contributed by atoms with E-state index >= 15 is 0 Å². The lowest BCUT2D eigenvalue weighted by Gasteiger charge is -2.14. The summed E-state index contributed by atoms with van der Waals surface area (Å²) in [6, 6.07) is -0.460. The van der Waals surface area contributed by atoms with Gasteiger partial charge in [0, 0.05) is 0 Å². The minimum absolute atomic E-state index is 0.109. The zero-order chi connectivity index (χ0) is 13.8. The summed E-state index contributed by atoms with van der Waals surface area (Å²) in [5, 5.41) is 1.87. The first-order chi connectivity index (χ1) is 8.36. The Labute approximate surface area is 99.1 Å². The molecule has 0 saturated carbocycles. The smallest absolute Gasteiger partial charge is 0.360 e. The standard InChI is InChI=1S/C9H10F4N2O3/c1-2-17-6(16)5-3-18-8(15-5)14-4-9(12,13)7(10)11/h3,7H,2,4H2,1H3,(H,14,15). The van der Waals surface area contributed by atoms with Crippen molar-refractivity contribution in [2.24, 2.45) is 0 Å². The summed E-state index contributed by atoms with van der Waals surface area (Å²) in [5.74, 6) is -5.01. The Balaban J connectivity index is 2.57. The van der Waals surface area contributed by atoms with Gasteiger partial charge in [-0.25, -0.2) is 13.6 Å². The lowest BCUT2D eigenvalue weighted by molar-refractivity contribution is -0.117. The second-order valence-corrected chi connectivity index (χ2v) is 3.17. The second kappa shape index (κ2) is 5.69. The molecule has 0 spiro atoms. The maximum Gasteiger partial charge on any atom is 0.360 e. The summed E-state index contributed by atoms with van der Waals surface area (Å²) in [6.45, 7) is 0.325. The number of aromatic nitrogens is 1. The van der Waals surface area contributed by atoms with Gasteiger partial charge in [0.15, 0.2) is 5.69 Å².